The van der Waals surface area contributed by atoms with Crippen molar-refractivity contribution in [2.45, 2.75) is 182 Å². The molecule has 0 bridgehead atoms. The molecular formula is C28H62O6S8Si2. The van der Waals surface area contributed by atoms with Crippen LogP contribution >= 0.6 is 80.5 Å². The second kappa shape index (κ2) is 18.5. The van der Waals surface area contributed by atoms with Gasteiger partial charge in [-0.1, -0.05) is 21.6 Å². The number of hydrogen-bond acceptors (Lipinski definition) is 14. The first-order valence-corrected chi connectivity index (χ1v) is 28.7. The van der Waals surface area contributed by atoms with Gasteiger partial charge in [-0.05, 0) is 197 Å². The van der Waals surface area contributed by atoms with Gasteiger partial charge in [0.15, 0.2) is 0 Å². The Kier molecular flexibility index (Phi) is 19.7. The summed E-state index contributed by atoms with van der Waals surface area (Å²) in [6, 6.07) is 0. The molecule has 0 N–H and O–H groups in total. The van der Waals surface area contributed by atoms with Gasteiger partial charge >= 0.3 is 17.6 Å². The Morgan fingerprint density at radius 2 is 0.477 bits per heavy atom. The summed E-state index contributed by atoms with van der Waals surface area (Å²) in [5.74, 6) is 0. The van der Waals surface area contributed by atoms with Crippen LogP contribution in [0.3, 0.4) is 0 Å². The van der Waals surface area contributed by atoms with Gasteiger partial charge in [-0.15, -0.1) is 0 Å². The lowest BCUT2D eigenvalue weighted by Gasteiger charge is -2.45. The van der Waals surface area contributed by atoms with E-state index in [4.69, 9.17) is 26.6 Å². The van der Waals surface area contributed by atoms with Crippen molar-refractivity contribution in [3.05, 3.63) is 0 Å². The van der Waals surface area contributed by atoms with Crippen LogP contribution in [0, 0.1) is 0 Å². The Bertz CT molecular complexity index is 681. The molecule has 0 rings (SSSR count). The van der Waals surface area contributed by atoms with Crippen LogP contribution in [-0.2, 0) is 26.6 Å². The van der Waals surface area contributed by atoms with Gasteiger partial charge in [-0.2, -0.15) is 0 Å². The third kappa shape index (κ3) is 22.7. The van der Waals surface area contributed by atoms with E-state index in [1.165, 1.54) is 0 Å². The average molecular weight is 808 g/mol. The molecule has 266 valence electrons. The predicted octanol–water partition coefficient (Wildman–Crippen LogP) is 12.9. The number of hydrogen-bond donors (Lipinski definition) is 0. The third-order valence-corrected chi connectivity index (χ3v) is 30.5. The molecule has 0 aliphatic rings. The Balaban J connectivity index is 5.26. The normalized spacial score (nSPS) is 16.4. The van der Waals surface area contributed by atoms with Gasteiger partial charge < -0.3 is 26.6 Å². The first-order chi connectivity index (χ1) is 19.3. The summed E-state index contributed by atoms with van der Waals surface area (Å²) in [6.45, 7) is 41.6. The van der Waals surface area contributed by atoms with E-state index in [0.717, 1.165) is 0 Å². The highest BCUT2D eigenvalue weighted by atomic mass is 34.0. The summed E-state index contributed by atoms with van der Waals surface area (Å²) in [5, 5.41) is 0. The topological polar surface area (TPSA) is 55.4 Å². The van der Waals surface area contributed by atoms with E-state index in [2.05, 4.69) is 138 Å². The molecule has 0 radical (unpaired) electrons. The van der Waals surface area contributed by atoms with Crippen LogP contribution in [0.15, 0.2) is 0 Å². The van der Waals surface area contributed by atoms with Crippen molar-refractivity contribution in [2.75, 3.05) is 0 Å². The molecule has 2 atom stereocenters. The van der Waals surface area contributed by atoms with Crippen molar-refractivity contribution in [3.63, 3.8) is 0 Å². The second-order valence-corrected chi connectivity index (χ2v) is 36.2. The molecule has 0 aromatic carbocycles. The second-order valence-electron chi connectivity index (χ2n) is 16.4. The van der Waals surface area contributed by atoms with E-state index in [1.54, 1.807) is 80.5 Å². The zero-order chi connectivity index (χ0) is 35.1. The summed E-state index contributed by atoms with van der Waals surface area (Å²) in [7, 11) is 7.79. The fourth-order valence-corrected chi connectivity index (χ4v) is 32.5. The summed E-state index contributed by atoms with van der Waals surface area (Å²) >= 11 is 0. The SMILES string of the molecule is CC(SSSSSSSSC(C)[Si](OC(C)(C)C)(OC(C)(C)C)OC(C)(C)C)[Si](OC(C)(C)C)(OC(C)(C)C)OC(C)(C)C. The van der Waals surface area contributed by atoms with Crippen LogP contribution in [-0.4, -0.2) is 61.0 Å². The molecule has 0 saturated carbocycles. The minimum atomic E-state index is -3.10. The van der Waals surface area contributed by atoms with Gasteiger partial charge in [0.2, 0.25) is 0 Å². The molecule has 44 heavy (non-hydrogen) atoms. The minimum Gasteiger partial charge on any atom is -0.368 e. The van der Waals surface area contributed by atoms with Crippen LogP contribution < -0.4 is 0 Å². The summed E-state index contributed by atoms with van der Waals surface area (Å²) < 4.78 is 40.1. The van der Waals surface area contributed by atoms with Crippen LogP contribution in [0.25, 0.3) is 0 Å². The Labute approximate surface area is 304 Å². The van der Waals surface area contributed by atoms with Gasteiger partial charge in [-0.3, -0.25) is 0 Å². The van der Waals surface area contributed by atoms with Crippen LogP contribution in [0.4, 0.5) is 0 Å². The lowest BCUT2D eigenvalue weighted by molar-refractivity contribution is -0.0772. The zero-order valence-corrected chi connectivity index (χ0v) is 39.4. The maximum absolute atomic E-state index is 6.69. The fourth-order valence-electron chi connectivity index (χ4n) is 3.50. The molecule has 0 saturated heterocycles. The molecule has 0 aromatic heterocycles. The Morgan fingerprint density at radius 3 is 0.636 bits per heavy atom. The summed E-state index contributed by atoms with van der Waals surface area (Å²) in [6.07, 6.45) is 0. The largest absolute Gasteiger partial charge is 0.516 e. The van der Waals surface area contributed by atoms with Gasteiger partial charge in [0.1, 0.15) is 0 Å². The molecule has 0 aliphatic carbocycles. The lowest BCUT2D eigenvalue weighted by Crippen LogP contribution is -2.62. The molecule has 0 spiro atoms. The van der Waals surface area contributed by atoms with Crippen LogP contribution in [0.5, 0.6) is 0 Å². The first kappa shape index (κ1) is 47.0. The lowest BCUT2D eigenvalue weighted by atomic mass is 10.2. The van der Waals surface area contributed by atoms with E-state index in [-0.39, 0.29) is 9.75 Å². The molecule has 6 nitrogen and oxygen atoms in total. The Morgan fingerprint density at radius 1 is 0.318 bits per heavy atom. The highest BCUT2D eigenvalue weighted by Crippen LogP contribution is 2.59. The first-order valence-electron chi connectivity index (χ1n) is 14.8. The fraction of sp³-hybridized carbons (Fsp3) is 1.00. The van der Waals surface area contributed by atoms with Gasteiger partial charge in [0.05, 0.1) is 43.4 Å². The maximum Gasteiger partial charge on any atom is 0.516 e. The van der Waals surface area contributed by atoms with E-state index >= 15 is 0 Å². The van der Waals surface area contributed by atoms with Gasteiger partial charge in [-0.25, -0.2) is 0 Å². The van der Waals surface area contributed by atoms with Gasteiger partial charge in [0, 0.05) is 0 Å². The summed E-state index contributed by atoms with van der Waals surface area (Å²) in [4.78, 5) is 0.0708. The van der Waals surface area contributed by atoms with E-state index < -0.39 is 51.2 Å². The zero-order valence-electron chi connectivity index (χ0n) is 30.9. The monoisotopic (exact) mass is 806 g/mol. The van der Waals surface area contributed by atoms with Crippen LogP contribution in [0.2, 0.25) is 0 Å². The highest BCUT2D eigenvalue weighted by Gasteiger charge is 2.56. The van der Waals surface area contributed by atoms with Crippen LogP contribution in [0.1, 0.15) is 138 Å². The van der Waals surface area contributed by atoms with Crippen molar-refractivity contribution in [1.82, 2.24) is 0 Å². The molecule has 0 heterocycles. The molecule has 0 aromatic rings. The van der Waals surface area contributed by atoms with E-state index in [9.17, 15) is 0 Å². The minimum absolute atomic E-state index is 0.0354. The Hall–Kier alpha value is 2.99. The van der Waals surface area contributed by atoms with Crippen molar-refractivity contribution in [2.24, 2.45) is 0 Å². The highest BCUT2D eigenvalue weighted by molar-refractivity contribution is 9.48. The molecule has 0 aliphatic heterocycles. The van der Waals surface area contributed by atoms with E-state index in [1.807, 2.05) is 0 Å². The van der Waals surface area contributed by atoms with Crippen molar-refractivity contribution < 1.29 is 26.6 Å². The smallest absolute Gasteiger partial charge is 0.368 e. The van der Waals surface area contributed by atoms with Crippen molar-refractivity contribution in [3.8, 4) is 0 Å². The average Bonchev–Trinajstić information content (AvgIpc) is 2.67. The maximum atomic E-state index is 6.69. The molecule has 0 fully saturated rings. The van der Waals surface area contributed by atoms with E-state index in [0.29, 0.717) is 0 Å². The molecular weight excluding hydrogens is 745 g/mol. The summed E-state index contributed by atoms with van der Waals surface area (Å²) in [5.41, 5.74) is -2.35. The quantitative estimate of drug-likeness (QED) is 0.0796. The third-order valence-electron chi connectivity index (χ3n) is 4.19. The molecule has 16 heteroatoms. The molecule has 0 amide bonds. The molecule has 2 unspecified atom stereocenters. The number of rotatable bonds is 17. The van der Waals surface area contributed by atoms with Gasteiger partial charge in [0.25, 0.3) is 0 Å². The predicted molar refractivity (Wildman–Crippen MR) is 216 cm³/mol. The van der Waals surface area contributed by atoms with Crippen molar-refractivity contribution >= 4 is 98.2 Å². The standard InChI is InChI=1S/C28H62O6S8Si2/c1-21(43(29-23(3,4)5,30-24(6,7)8)31-25(9,10)11)35-37-39-41-42-40-38-36-22(2)44(32-26(12,13)14,33-27(15,16)17)34-28(18,19)20/h21-22H,1-20H3. The van der Waals surface area contributed by atoms with Crippen molar-refractivity contribution in [1.29, 1.82) is 0 Å².